The van der Waals surface area contributed by atoms with Gasteiger partial charge in [0.05, 0.1) is 36.6 Å². The number of ether oxygens (including phenoxy) is 1. The van der Waals surface area contributed by atoms with Gasteiger partial charge in [-0.3, -0.25) is 9.48 Å². The maximum Gasteiger partial charge on any atom is 0.419 e. The molecular weight excluding hydrogens is 559 g/mol. The lowest BCUT2D eigenvalue weighted by Gasteiger charge is -2.36. The number of nitrogens with one attached hydrogen (secondary N) is 1. The Bertz CT molecular complexity index is 1110. The minimum Gasteiger partial charge on any atom is -0.466 e. The van der Waals surface area contributed by atoms with E-state index in [1.54, 1.807) is 26.0 Å². The molecule has 230 valence electrons. The average Bonchev–Trinajstić information content (AvgIpc) is 3.38. The predicted molar refractivity (Wildman–Crippen MR) is 153 cm³/mol. The van der Waals surface area contributed by atoms with Gasteiger partial charge in [-0.15, -0.1) is 0 Å². The van der Waals surface area contributed by atoms with Crippen LogP contribution in [-0.2, 0) is 22.3 Å². The number of aromatic nitrogens is 4. The van der Waals surface area contributed by atoms with Crippen LogP contribution in [0.5, 0.6) is 0 Å². The smallest absolute Gasteiger partial charge is 0.419 e. The van der Waals surface area contributed by atoms with Crippen LogP contribution >= 0.6 is 12.1 Å². The number of halogens is 3. The molecule has 2 aliphatic rings. The van der Waals surface area contributed by atoms with E-state index in [-0.39, 0.29) is 41.7 Å². The number of esters is 1. The van der Waals surface area contributed by atoms with Crippen molar-refractivity contribution in [2.75, 3.05) is 38.1 Å². The Balaban J connectivity index is 0.00000226. The van der Waals surface area contributed by atoms with Crippen molar-refractivity contribution in [2.45, 2.75) is 84.7 Å². The normalized spacial score (nSPS) is 18.1. The summed E-state index contributed by atoms with van der Waals surface area (Å²) >= 11 is 1.69. The van der Waals surface area contributed by atoms with E-state index >= 15 is 0 Å². The average molecular weight is 602 g/mol. The van der Waals surface area contributed by atoms with Crippen LogP contribution in [0, 0.1) is 5.92 Å². The third kappa shape index (κ3) is 9.83. The summed E-state index contributed by atoms with van der Waals surface area (Å²) in [4.78, 5) is 20.2. The monoisotopic (exact) mass is 601 g/mol. The summed E-state index contributed by atoms with van der Waals surface area (Å²) < 4.78 is 52.3. The highest BCUT2D eigenvalue weighted by molar-refractivity contribution is 7.94. The first kappa shape index (κ1) is 33.1. The van der Waals surface area contributed by atoms with Gasteiger partial charge in [0, 0.05) is 62.3 Å². The zero-order valence-corrected chi connectivity index (χ0v) is 25.3. The summed E-state index contributed by atoms with van der Waals surface area (Å²) in [5.74, 6) is 0.00669. The van der Waals surface area contributed by atoms with Crippen LogP contribution in [0.1, 0.15) is 65.9 Å². The molecule has 41 heavy (non-hydrogen) atoms. The van der Waals surface area contributed by atoms with Crippen molar-refractivity contribution in [3.63, 3.8) is 0 Å². The van der Waals surface area contributed by atoms with E-state index in [1.165, 1.54) is 17.1 Å². The topological polar surface area (TPSA) is 109 Å². The molecule has 2 aromatic heterocycles. The van der Waals surface area contributed by atoms with E-state index in [0.29, 0.717) is 6.61 Å². The molecule has 14 heteroatoms. The minimum absolute atomic E-state index is 0.0266. The molecule has 0 bridgehead atoms. The molecule has 4 heterocycles. The lowest BCUT2D eigenvalue weighted by Crippen LogP contribution is -2.40. The van der Waals surface area contributed by atoms with Gasteiger partial charge in [-0.1, -0.05) is 13.8 Å². The molecule has 2 fully saturated rings. The van der Waals surface area contributed by atoms with E-state index in [0.717, 1.165) is 58.1 Å². The number of aliphatic hydroxyl groups is 1. The summed E-state index contributed by atoms with van der Waals surface area (Å²) in [5, 5.41) is 17.3. The molecule has 4 rings (SSSR count). The summed E-state index contributed by atoms with van der Waals surface area (Å²) in [7, 11) is 0. The van der Waals surface area contributed by atoms with Crippen LogP contribution in [0.4, 0.5) is 19.1 Å². The van der Waals surface area contributed by atoms with Gasteiger partial charge in [0.15, 0.2) is 0 Å². The maximum absolute atomic E-state index is 13.7. The highest BCUT2D eigenvalue weighted by Gasteiger charge is 2.36. The van der Waals surface area contributed by atoms with Crippen molar-refractivity contribution < 1.29 is 27.8 Å². The van der Waals surface area contributed by atoms with E-state index in [1.807, 2.05) is 20.8 Å². The molecule has 2 saturated heterocycles. The van der Waals surface area contributed by atoms with E-state index in [4.69, 9.17) is 4.74 Å². The van der Waals surface area contributed by atoms with Crippen molar-refractivity contribution >= 4 is 24.1 Å². The molecule has 0 saturated carbocycles. The van der Waals surface area contributed by atoms with Crippen LogP contribution in [-0.4, -0.2) is 83.9 Å². The zero-order valence-electron chi connectivity index (χ0n) is 24.4. The summed E-state index contributed by atoms with van der Waals surface area (Å²) in [6, 6.07) is 0.0268. The highest BCUT2D eigenvalue weighted by Crippen LogP contribution is 2.36. The van der Waals surface area contributed by atoms with Crippen molar-refractivity contribution in [3.05, 3.63) is 24.2 Å². The molecule has 0 spiro atoms. The summed E-state index contributed by atoms with van der Waals surface area (Å²) in [6.45, 7) is 12.8. The number of alkyl halides is 3. The van der Waals surface area contributed by atoms with Crippen LogP contribution in [0.25, 0.3) is 11.3 Å². The third-order valence-corrected chi connectivity index (χ3v) is 7.83. The first-order valence-electron chi connectivity index (χ1n) is 14.2. The largest absolute Gasteiger partial charge is 0.466 e. The van der Waals surface area contributed by atoms with E-state index < -0.39 is 17.3 Å². The van der Waals surface area contributed by atoms with Crippen molar-refractivity contribution in [2.24, 2.45) is 5.92 Å². The van der Waals surface area contributed by atoms with Crippen LogP contribution in [0.15, 0.2) is 18.6 Å². The third-order valence-electron chi connectivity index (χ3n) is 6.64. The first-order chi connectivity index (χ1) is 19.4. The predicted octanol–water partition coefficient (Wildman–Crippen LogP) is 4.87. The second-order valence-electron chi connectivity index (χ2n) is 10.6. The summed E-state index contributed by atoms with van der Waals surface area (Å²) in [5.41, 5.74) is -2.05. The Labute approximate surface area is 244 Å². The van der Waals surface area contributed by atoms with Crippen molar-refractivity contribution in [3.8, 4) is 11.3 Å². The number of carbonyl (C=O) groups excluding carboxylic acids is 1. The van der Waals surface area contributed by atoms with Gasteiger partial charge in [0.25, 0.3) is 0 Å². The molecule has 10 nitrogen and oxygen atoms in total. The molecular formula is C27H42F3N7O3S. The molecule has 0 aliphatic carbocycles. The molecule has 2 N–H and O–H groups in total. The quantitative estimate of drug-likeness (QED) is 0.305. The van der Waals surface area contributed by atoms with Crippen molar-refractivity contribution in [1.29, 1.82) is 0 Å². The molecule has 0 unspecified atom stereocenters. The fourth-order valence-electron chi connectivity index (χ4n) is 4.71. The number of hydrogen-bond donors (Lipinski definition) is 2. The second-order valence-corrected chi connectivity index (χ2v) is 11.8. The van der Waals surface area contributed by atoms with Gasteiger partial charge >= 0.3 is 12.1 Å². The Morgan fingerprint density at radius 1 is 1.10 bits per heavy atom. The Morgan fingerprint density at radius 3 is 2.27 bits per heavy atom. The molecule has 0 radical (unpaired) electrons. The molecule has 0 amide bonds. The molecule has 2 aliphatic heterocycles. The van der Waals surface area contributed by atoms with Gasteiger partial charge < -0.3 is 15.2 Å². The number of rotatable bonds is 9. The number of piperidine rings is 2. The lowest BCUT2D eigenvalue weighted by atomic mass is 9.98. The van der Waals surface area contributed by atoms with Crippen molar-refractivity contribution in [1.82, 2.24) is 28.4 Å². The Hall–Kier alpha value is -2.42. The second kappa shape index (κ2) is 14.7. The number of nitrogens with zero attached hydrogens (tertiary/aromatic N) is 6. The summed E-state index contributed by atoms with van der Waals surface area (Å²) in [6.07, 6.45) is 2.10. The minimum atomic E-state index is -4.63. The number of hydrogen-bond acceptors (Lipinski definition) is 10. The van der Waals surface area contributed by atoms with E-state index in [9.17, 15) is 23.1 Å². The maximum atomic E-state index is 13.7. The lowest BCUT2D eigenvalue weighted by molar-refractivity contribution is -0.149. The first-order valence-corrected chi connectivity index (χ1v) is 14.9. The SMILES string of the molecule is CC.CCOC(=O)C1CCN(SN2CCC(Nc3ncc(C(F)(F)F)c(-c4cnn(CC(C)(C)O)c4)n3)CC2)CC1. The van der Waals surface area contributed by atoms with Crippen LogP contribution < -0.4 is 5.32 Å². The number of anilines is 1. The Morgan fingerprint density at radius 2 is 1.71 bits per heavy atom. The molecule has 0 atom stereocenters. The van der Waals surface area contributed by atoms with Gasteiger partial charge in [-0.2, -0.15) is 18.3 Å². The number of carbonyl (C=O) groups is 1. The highest BCUT2D eigenvalue weighted by atomic mass is 32.2. The van der Waals surface area contributed by atoms with Gasteiger partial charge in [-0.05, 0) is 46.5 Å². The van der Waals surface area contributed by atoms with Crippen LogP contribution in [0.2, 0.25) is 0 Å². The fourth-order valence-corrected chi connectivity index (χ4v) is 5.78. The van der Waals surface area contributed by atoms with Crippen LogP contribution in [0.3, 0.4) is 0 Å². The fraction of sp³-hybridized carbons (Fsp3) is 0.704. The van der Waals surface area contributed by atoms with Gasteiger partial charge in [0.2, 0.25) is 5.95 Å². The standard InChI is InChI=1S/C25H36F3N7O3S.C2H6/c1-4-38-22(36)17-5-9-34(10-6-17)39-35-11-7-19(8-12-35)31-23-29-14-20(25(26,27)28)21(32-23)18-13-30-33(15-18)16-24(2,3)37;1-2/h13-15,17,19,37H,4-12,16H2,1-3H3,(H,29,31,32);1-2H3. The van der Waals surface area contributed by atoms with E-state index in [2.05, 4.69) is 29.0 Å². The van der Waals surface area contributed by atoms with Gasteiger partial charge in [-0.25, -0.2) is 18.6 Å². The Kier molecular flexibility index (Phi) is 11.8. The zero-order chi connectivity index (χ0) is 30.2. The molecule has 2 aromatic rings. The molecule has 0 aromatic carbocycles. The van der Waals surface area contributed by atoms with Gasteiger partial charge in [0.1, 0.15) is 5.56 Å².